The monoisotopic (exact) mass is 248 g/mol. The number of unbranched alkanes of at least 4 members (excludes halogenated alkanes) is 2. The number of hydrogen-bond acceptors (Lipinski definition) is 2. The SMILES string of the molecule is CCCCN(CCCC)c1cccc(F)c1C#N. The van der Waals surface area contributed by atoms with Crippen LogP contribution in [0.2, 0.25) is 0 Å². The summed E-state index contributed by atoms with van der Waals surface area (Å²) in [7, 11) is 0. The quantitative estimate of drug-likeness (QED) is 0.726. The zero-order chi connectivity index (χ0) is 13.4. The van der Waals surface area contributed by atoms with Gasteiger partial charge in [-0.3, -0.25) is 0 Å². The zero-order valence-electron chi connectivity index (χ0n) is 11.2. The molecular weight excluding hydrogens is 227 g/mol. The van der Waals surface area contributed by atoms with E-state index in [1.807, 2.05) is 12.1 Å². The maximum atomic E-state index is 13.6. The molecule has 0 heterocycles. The molecule has 3 heteroatoms. The van der Waals surface area contributed by atoms with Crippen molar-refractivity contribution in [3.05, 3.63) is 29.6 Å². The number of benzene rings is 1. The van der Waals surface area contributed by atoms with Crippen molar-refractivity contribution in [1.82, 2.24) is 0 Å². The molecule has 0 radical (unpaired) electrons. The van der Waals surface area contributed by atoms with Gasteiger partial charge in [-0.1, -0.05) is 32.8 Å². The molecule has 1 aromatic rings. The molecule has 0 aliphatic heterocycles. The number of nitriles is 1. The molecular formula is C15H21FN2. The average molecular weight is 248 g/mol. The largest absolute Gasteiger partial charge is 0.370 e. The van der Waals surface area contributed by atoms with Crippen molar-refractivity contribution in [3.63, 3.8) is 0 Å². The Kier molecular flexibility index (Phi) is 6.21. The van der Waals surface area contributed by atoms with Crippen LogP contribution in [0.5, 0.6) is 0 Å². The Bertz CT molecular complexity index is 401. The molecule has 0 N–H and O–H groups in total. The van der Waals surface area contributed by atoms with Gasteiger partial charge < -0.3 is 4.90 Å². The zero-order valence-corrected chi connectivity index (χ0v) is 11.2. The number of hydrogen-bond donors (Lipinski definition) is 0. The van der Waals surface area contributed by atoms with Crippen LogP contribution < -0.4 is 4.90 Å². The number of halogens is 1. The summed E-state index contributed by atoms with van der Waals surface area (Å²) in [5.41, 5.74) is 0.907. The summed E-state index contributed by atoms with van der Waals surface area (Å²) in [6, 6.07) is 6.84. The Hall–Kier alpha value is -1.56. The van der Waals surface area contributed by atoms with Gasteiger partial charge in [0.15, 0.2) is 0 Å². The highest BCUT2D eigenvalue weighted by molar-refractivity contribution is 5.59. The van der Waals surface area contributed by atoms with E-state index in [1.165, 1.54) is 6.07 Å². The first-order valence-electron chi connectivity index (χ1n) is 6.68. The highest BCUT2D eigenvalue weighted by atomic mass is 19.1. The van der Waals surface area contributed by atoms with E-state index in [0.29, 0.717) is 0 Å². The van der Waals surface area contributed by atoms with Gasteiger partial charge in [-0.15, -0.1) is 0 Å². The minimum atomic E-state index is -0.423. The second-order valence-corrected chi connectivity index (χ2v) is 4.44. The first kappa shape index (κ1) is 14.5. The van der Waals surface area contributed by atoms with E-state index in [0.717, 1.165) is 44.5 Å². The highest BCUT2D eigenvalue weighted by Gasteiger charge is 2.13. The van der Waals surface area contributed by atoms with Crippen LogP contribution in [0.1, 0.15) is 45.1 Å². The van der Waals surface area contributed by atoms with Crippen molar-refractivity contribution in [1.29, 1.82) is 5.26 Å². The second-order valence-electron chi connectivity index (χ2n) is 4.44. The minimum Gasteiger partial charge on any atom is -0.370 e. The Balaban J connectivity index is 2.96. The predicted molar refractivity (Wildman–Crippen MR) is 73.1 cm³/mol. The van der Waals surface area contributed by atoms with Crippen LogP contribution in [0, 0.1) is 17.1 Å². The van der Waals surface area contributed by atoms with Crippen molar-refractivity contribution < 1.29 is 4.39 Å². The first-order chi connectivity index (χ1) is 8.74. The summed E-state index contributed by atoms with van der Waals surface area (Å²) in [6.45, 7) is 6.03. The van der Waals surface area contributed by atoms with Crippen LogP contribution in [-0.2, 0) is 0 Å². The van der Waals surface area contributed by atoms with Crippen molar-refractivity contribution in [2.75, 3.05) is 18.0 Å². The van der Waals surface area contributed by atoms with Gasteiger partial charge in [-0.25, -0.2) is 4.39 Å². The van der Waals surface area contributed by atoms with Crippen LogP contribution in [0.3, 0.4) is 0 Å². The molecule has 0 saturated carbocycles. The molecule has 0 bridgehead atoms. The summed E-state index contributed by atoms with van der Waals surface area (Å²) >= 11 is 0. The van der Waals surface area contributed by atoms with Gasteiger partial charge in [0, 0.05) is 13.1 Å². The van der Waals surface area contributed by atoms with E-state index < -0.39 is 5.82 Å². The maximum Gasteiger partial charge on any atom is 0.143 e. The maximum absolute atomic E-state index is 13.6. The lowest BCUT2D eigenvalue weighted by Gasteiger charge is -2.25. The number of anilines is 1. The van der Waals surface area contributed by atoms with Gasteiger partial charge in [0.2, 0.25) is 0 Å². The Morgan fingerprint density at radius 2 is 1.78 bits per heavy atom. The molecule has 0 aliphatic carbocycles. The molecule has 0 atom stereocenters. The summed E-state index contributed by atoms with van der Waals surface area (Å²) in [4.78, 5) is 2.13. The van der Waals surface area contributed by atoms with E-state index in [-0.39, 0.29) is 5.56 Å². The smallest absolute Gasteiger partial charge is 0.143 e. The normalized spacial score (nSPS) is 10.1. The first-order valence-corrected chi connectivity index (χ1v) is 6.68. The molecule has 18 heavy (non-hydrogen) atoms. The standard InChI is InChI=1S/C15H21FN2/c1-3-5-10-18(11-6-4-2)15-9-7-8-14(16)13(15)12-17/h7-9H,3-6,10-11H2,1-2H3. The lowest BCUT2D eigenvalue weighted by atomic mass is 10.1. The Labute approximate surface area is 109 Å². The molecule has 98 valence electrons. The van der Waals surface area contributed by atoms with Crippen LogP contribution in [0.25, 0.3) is 0 Å². The summed E-state index contributed by atoms with van der Waals surface area (Å²) in [5.74, 6) is -0.423. The van der Waals surface area contributed by atoms with E-state index in [1.54, 1.807) is 6.07 Å². The molecule has 0 fully saturated rings. The van der Waals surface area contributed by atoms with Crippen LogP contribution in [-0.4, -0.2) is 13.1 Å². The fourth-order valence-corrected chi connectivity index (χ4v) is 1.94. The van der Waals surface area contributed by atoms with Crippen molar-refractivity contribution >= 4 is 5.69 Å². The van der Waals surface area contributed by atoms with Crippen molar-refractivity contribution in [2.24, 2.45) is 0 Å². The third-order valence-corrected chi connectivity index (χ3v) is 3.01. The average Bonchev–Trinajstić information content (AvgIpc) is 2.39. The fraction of sp³-hybridized carbons (Fsp3) is 0.533. The predicted octanol–water partition coefficient (Wildman–Crippen LogP) is 4.10. The molecule has 0 amide bonds. The van der Waals surface area contributed by atoms with E-state index in [2.05, 4.69) is 18.7 Å². The number of nitrogens with zero attached hydrogens (tertiary/aromatic N) is 2. The molecule has 1 rings (SSSR count). The van der Waals surface area contributed by atoms with Gasteiger partial charge in [-0.05, 0) is 25.0 Å². The molecule has 2 nitrogen and oxygen atoms in total. The lowest BCUT2D eigenvalue weighted by Crippen LogP contribution is -2.26. The Morgan fingerprint density at radius 3 is 2.28 bits per heavy atom. The number of rotatable bonds is 7. The van der Waals surface area contributed by atoms with Crippen molar-refractivity contribution in [2.45, 2.75) is 39.5 Å². The highest BCUT2D eigenvalue weighted by Crippen LogP contribution is 2.23. The minimum absolute atomic E-state index is 0.171. The lowest BCUT2D eigenvalue weighted by molar-refractivity contribution is 0.619. The van der Waals surface area contributed by atoms with Crippen LogP contribution >= 0.6 is 0 Å². The van der Waals surface area contributed by atoms with Gasteiger partial charge in [0.1, 0.15) is 17.4 Å². The van der Waals surface area contributed by atoms with Crippen LogP contribution in [0.15, 0.2) is 18.2 Å². The molecule has 0 aliphatic rings. The summed E-state index contributed by atoms with van der Waals surface area (Å²) < 4.78 is 13.6. The van der Waals surface area contributed by atoms with Gasteiger partial charge in [-0.2, -0.15) is 5.26 Å². The molecule has 1 aromatic carbocycles. The Morgan fingerprint density at radius 1 is 1.17 bits per heavy atom. The summed E-state index contributed by atoms with van der Waals surface area (Å²) in [5, 5.41) is 9.08. The third-order valence-electron chi connectivity index (χ3n) is 3.01. The third kappa shape index (κ3) is 3.73. The van der Waals surface area contributed by atoms with Gasteiger partial charge in [0.05, 0.1) is 5.69 Å². The van der Waals surface area contributed by atoms with Crippen molar-refractivity contribution in [3.8, 4) is 6.07 Å². The van der Waals surface area contributed by atoms with E-state index in [9.17, 15) is 4.39 Å². The van der Waals surface area contributed by atoms with E-state index in [4.69, 9.17) is 5.26 Å². The molecule has 0 unspecified atom stereocenters. The summed E-state index contributed by atoms with van der Waals surface area (Å²) in [6.07, 6.45) is 4.32. The molecule has 0 spiro atoms. The topological polar surface area (TPSA) is 27.0 Å². The second kappa shape index (κ2) is 7.71. The molecule has 0 aromatic heterocycles. The van der Waals surface area contributed by atoms with Gasteiger partial charge in [0.25, 0.3) is 0 Å². The van der Waals surface area contributed by atoms with E-state index >= 15 is 0 Å². The van der Waals surface area contributed by atoms with Crippen LogP contribution in [0.4, 0.5) is 10.1 Å². The fourth-order valence-electron chi connectivity index (χ4n) is 1.94. The van der Waals surface area contributed by atoms with Gasteiger partial charge >= 0.3 is 0 Å². The molecule has 0 saturated heterocycles.